The van der Waals surface area contributed by atoms with Gasteiger partial charge in [0.05, 0.1) is 0 Å². The summed E-state index contributed by atoms with van der Waals surface area (Å²) >= 11 is 5.84. The van der Waals surface area contributed by atoms with Crippen molar-refractivity contribution in [3.8, 4) is 0 Å². The number of halogens is 1. The third kappa shape index (κ3) is 4.68. The number of hydrogen-bond acceptors (Lipinski definition) is 4. The van der Waals surface area contributed by atoms with Crippen LogP contribution in [0.25, 0.3) is 0 Å². The lowest BCUT2D eigenvalue weighted by Gasteiger charge is -2.22. The van der Waals surface area contributed by atoms with E-state index < -0.39 is 0 Å². The first-order chi connectivity index (χ1) is 11.7. The Hall–Kier alpha value is -2.14. The highest BCUT2D eigenvalue weighted by molar-refractivity contribution is 6.30. The smallest absolute Gasteiger partial charge is 0.272 e. The summed E-state index contributed by atoms with van der Waals surface area (Å²) in [5.74, 6) is 0.498. The molecule has 1 aliphatic carbocycles. The Bertz CT molecular complexity index is 666. The van der Waals surface area contributed by atoms with Gasteiger partial charge in [0.2, 0.25) is 0 Å². The lowest BCUT2D eigenvalue weighted by molar-refractivity contribution is 0.0945. The number of benzene rings is 1. The van der Waals surface area contributed by atoms with E-state index >= 15 is 0 Å². The second-order valence-corrected chi connectivity index (χ2v) is 6.53. The molecule has 3 rings (SSSR count). The summed E-state index contributed by atoms with van der Waals surface area (Å²) in [6, 6.07) is 11.4. The van der Waals surface area contributed by atoms with Gasteiger partial charge in [-0.25, -0.2) is 0 Å². The SMILES string of the molecule is O=C(NCc1ccc(Cl)cc1)c1ccc(NC2CCCCC2)nn1. The van der Waals surface area contributed by atoms with Gasteiger partial charge in [-0.1, -0.05) is 43.0 Å². The number of nitrogens with zero attached hydrogens (tertiary/aromatic N) is 2. The van der Waals surface area contributed by atoms with Crippen LogP contribution in [0.1, 0.15) is 48.2 Å². The standard InChI is InChI=1S/C18H21ClN4O/c19-14-8-6-13(7-9-14)12-20-18(24)16-10-11-17(23-22-16)21-15-4-2-1-3-5-15/h6-11,15H,1-5,12H2,(H,20,24)(H,21,23). The maximum absolute atomic E-state index is 12.1. The van der Waals surface area contributed by atoms with Crippen LogP contribution in [0.3, 0.4) is 0 Å². The molecule has 0 unspecified atom stereocenters. The molecule has 1 heterocycles. The van der Waals surface area contributed by atoms with E-state index in [1.165, 1.54) is 32.1 Å². The monoisotopic (exact) mass is 344 g/mol. The van der Waals surface area contributed by atoms with E-state index in [-0.39, 0.29) is 5.91 Å². The van der Waals surface area contributed by atoms with Gasteiger partial charge in [-0.15, -0.1) is 10.2 Å². The van der Waals surface area contributed by atoms with Crippen molar-refractivity contribution in [3.05, 3.63) is 52.7 Å². The number of carbonyl (C=O) groups is 1. The predicted molar refractivity (Wildman–Crippen MR) is 95.1 cm³/mol. The fourth-order valence-electron chi connectivity index (χ4n) is 2.86. The van der Waals surface area contributed by atoms with Crippen LogP contribution in [-0.2, 0) is 6.54 Å². The number of anilines is 1. The average Bonchev–Trinajstić information content (AvgIpc) is 2.62. The lowest BCUT2D eigenvalue weighted by Crippen LogP contribution is -2.25. The van der Waals surface area contributed by atoms with E-state index in [2.05, 4.69) is 20.8 Å². The molecule has 126 valence electrons. The van der Waals surface area contributed by atoms with Gasteiger partial charge in [-0.05, 0) is 42.7 Å². The van der Waals surface area contributed by atoms with Crippen molar-refractivity contribution in [2.75, 3.05) is 5.32 Å². The highest BCUT2D eigenvalue weighted by atomic mass is 35.5. The fraction of sp³-hybridized carbons (Fsp3) is 0.389. The Balaban J connectivity index is 1.52. The molecule has 0 aliphatic heterocycles. The van der Waals surface area contributed by atoms with Gasteiger partial charge in [0, 0.05) is 17.6 Å². The highest BCUT2D eigenvalue weighted by Crippen LogP contribution is 2.20. The van der Waals surface area contributed by atoms with Gasteiger partial charge >= 0.3 is 0 Å². The van der Waals surface area contributed by atoms with E-state index in [0.717, 1.165) is 11.4 Å². The van der Waals surface area contributed by atoms with Crippen molar-refractivity contribution in [1.82, 2.24) is 15.5 Å². The van der Waals surface area contributed by atoms with Gasteiger partial charge in [0.25, 0.3) is 5.91 Å². The molecule has 1 amide bonds. The summed E-state index contributed by atoms with van der Waals surface area (Å²) in [5.41, 5.74) is 1.30. The second-order valence-electron chi connectivity index (χ2n) is 6.09. The van der Waals surface area contributed by atoms with Crippen molar-refractivity contribution in [3.63, 3.8) is 0 Å². The van der Waals surface area contributed by atoms with Crippen molar-refractivity contribution in [1.29, 1.82) is 0 Å². The van der Waals surface area contributed by atoms with Gasteiger partial charge in [0.1, 0.15) is 5.82 Å². The topological polar surface area (TPSA) is 66.9 Å². The van der Waals surface area contributed by atoms with Crippen molar-refractivity contribution < 1.29 is 4.79 Å². The Labute approximate surface area is 146 Å². The largest absolute Gasteiger partial charge is 0.366 e. The molecule has 1 aromatic heterocycles. The predicted octanol–water partition coefficient (Wildman–Crippen LogP) is 3.80. The first-order valence-electron chi connectivity index (χ1n) is 8.33. The van der Waals surface area contributed by atoms with E-state index in [1.807, 2.05) is 18.2 Å². The number of amides is 1. The Morgan fingerprint density at radius 2 is 1.79 bits per heavy atom. The summed E-state index contributed by atoms with van der Waals surface area (Å²) in [7, 11) is 0. The molecule has 5 nitrogen and oxygen atoms in total. The van der Waals surface area contributed by atoms with Crippen LogP contribution in [0.5, 0.6) is 0 Å². The molecule has 1 fully saturated rings. The third-order valence-corrected chi connectivity index (χ3v) is 4.47. The number of rotatable bonds is 5. The normalized spacial score (nSPS) is 15.0. The molecule has 1 aromatic carbocycles. The summed E-state index contributed by atoms with van der Waals surface area (Å²) in [6.07, 6.45) is 6.18. The minimum Gasteiger partial charge on any atom is -0.366 e. The molecule has 0 bridgehead atoms. The Kier molecular flexibility index (Phi) is 5.64. The molecule has 0 saturated heterocycles. The maximum Gasteiger partial charge on any atom is 0.272 e. The molecule has 2 N–H and O–H groups in total. The number of carbonyl (C=O) groups excluding carboxylic acids is 1. The first kappa shape index (κ1) is 16.7. The van der Waals surface area contributed by atoms with Crippen LogP contribution < -0.4 is 10.6 Å². The van der Waals surface area contributed by atoms with Gasteiger partial charge in [-0.3, -0.25) is 4.79 Å². The summed E-state index contributed by atoms with van der Waals surface area (Å²) in [6.45, 7) is 0.430. The van der Waals surface area contributed by atoms with Crippen LogP contribution in [-0.4, -0.2) is 22.1 Å². The summed E-state index contributed by atoms with van der Waals surface area (Å²) < 4.78 is 0. The highest BCUT2D eigenvalue weighted by Gasteiger charge is 2.14. The fourth-order valence-corrected chi connectivity index (χ4v) is 2.99. The second kappa shape index (κ2) is 8.11. The molecule has 2 aromatic rings. The zero-order valence-corrected chi connectivity index (χ0v) is 14.2. The number of hydrogen-bond donors (Lipinski definition) is 2. The van der Waals surface area contributed by atoms with Crippen LogP contribution >= 0.6 is 11.6 Å². The molecule has 1 aliphatic rings. The van der Waals surface area contributed by atoms with Crippen LogP contribution in [0.2, 0.25) is 5.02 Å². The zero-order valence-electron chi connectivity index (χ0n) is 13.5. The first-order valence-corrected chi connectivity index (χ1v) is 8.71. The van der Waals surface area contributed by atoms with Crippen LogP contribution in [0.4, 0.5) is 5.82 Å². The summed E-state index contributed by atoms with van der Waals surface area (Å²) in [4.78, 5) is 12.1. The maximum atomic E-state index is 12.1. The van der Waals surface area contributed by atoms with Crippen molar-refractivity contribution in [2.45, 2.75) is 44.7 Å². The Morgan fingerprint density at radius 1 is 1.04 bits per heavy atom. The average molecular weight is 345 g/mol. The van der Waals surface area contributed by atoms with Gasteiger partial charge < -0.3 is 10.6 Å². The van der Waals surface area contributed by atoms with E-state index in [9.17, 15) is 4.79 Å². The zero-order chi connectivity index (χ0) is 16.8. The van der Waals surface area contributed by atoms with E-state index in [0.29, 0.717) is 23.3 Å². The Morgan fingerprint density at radius 3 is 2.46 bits per heavy atom. The molecule has 24 heavy (non-hydrogen) atoms. The minimum absolute atomic E-state index is 0.235. The molecule has 0 atom stereocenters. The molecule has 1 saturated carbocycles. The molecule has 0 spiro atoms. The number of nitrogens with one attached hydrogen (secondary N) is 2. The van der Waals surface area contributed by atoms with E-state index in [4.69, 9.17) is 11.6 Å². The molecule has 0 radical (unpaired) electrons. The third-order valence-electron chi connectivity index (χ3n) is 4.22. The summed E-state index contributed by atoms with van der Waals surface area (Å²) in [5, 5.41) is 15.0. The number of aromatic nitrogens is 2. The molecular formula is C18H21ClN4O. The molecular weight excluding hydrogens is 324 g/mol. The van der Waals surface area contributed by atoms with Crippen LogP contribution in [0.15, 0.2) is 36.4 Å². The van der Waals surface area contributed by atoms with E-state index in [1.54, 1.807) is 18.2 Å². The van der Waals surface area contributed by atoms with Crippen molar-refractivity contribution >= 4 is 23.3 Å². The molecule has 6 heteroatoms. The van der Waals surface area contributed by atoms with Gasteiger partial charge in [0.15, 0.2) is 5.69 Å². The van der Waals surface area contributed by atoms with Crippen LogP contribution in [0, 0.1) is 0 Å². The van der Waals surface area contributed by atoms with Gasteiger partial charge in [-0.2, -0.15) is 0 Å². The minimum atomic E-state index is -0.235. The quantitative estimate of drug-likeness (QED) is 0.865. The lowest BCUT2D eigenvalue weighted by atomic mass is 9.95. The van der Waals surface area contributed by atoms with Crippen molar-refractivity contribution in [2.24, 2.45) is 0 Å².